The fourth-order valence-corrected chi connectivity index (χ4v) is 6.17. The Kier molecular flexibility index (Phi) is 7.92. The second-order valence-corrected chi connectivity index (χ2v) is 10.7. The van der Waals surface area contributed by atoms with E-state index in [0.29, 0.717) is 22.7 Å². The third kappa shape index (κ3) is 5.42. The molecule has 1 aromatic carbocycles. The Labute approximate surface area is 243 Å². The highest BCUT2D eigenvalue weighted by atomic mass is 35.5. The third-order valence-corrected chi connectivity index (χ3v) is 8.17. The number of anilines is 4. The van der Waals surface area contributed by atoms with Crippen LogP contribution in [-0.4, -0.2) is 64.8 Å². The number of alkyl halides is 3. The fourth-order valence-electron chi connectivity index (χ4n) is 6.03. The minimum atomic E-state index is -5.12. The average molecular weight is 609 g/mol. The van der Waals surface area contributed by atoms with E-state index in [1.807, 2.05) is 17.5 Å². The van der Waals surface area contributed by atoms with Gasteiger partial charge in [-0.2, -0.15) is 18.2 Å². The molecule has 0 spiro atoms. The number of aliphatic carboxylic acids is 1. The van der Waals surface area contributed by atoms with E-state index in [4.69, 9.17) is 16.3 Å². The van der Waals surface area contributed by atoms with Crippen LogP contribution >= 0.6 is 11.6 Å². The van der Waals surface area contributed by atoms with Gasteiger partial charge in [-0.15, -0.1) is 0 Å². The quantitative estimate of drug-likeness (QED) is 0.328. The number of halogens is 4. The molecule has 2 heterocycles. The van der Waals surface area contributed by atoms with Gasteiger partial charge in [0, 0.05) is 18.2 Å². The summed E-state index contributed by atoms with van der Waals surface area (Å²) >= 11 is 6.36. The lowest BCUT2D eigenvalue weighted by atomic mass is 9.89. The number of carbonyl (C=O) groups is 3. The van der Waals surface area contributed by atoms with Crippen molar-refractivity contribution in [2.75, 3.05) is 29.2 Å². The van der Waals surface area contributed by atoms with Crippen LogP contribution in [0.15, 0.2) is 30.5 Å². The smallest absolute Gasteiger partial charge is 0.471 e. The number of aromatic nitrogens is 2. The molecular weight excluding hydrogens is 581 g/mol. The number of carboxylic acids is 1. The Morgan fingerprint density at radius 3 is 2.64 bits per heavy atom. The molecular formula is C27H28ClF3N6O5. The second-order valence-electron chi connectivity index (χ2n) is 10.3. The number of amides is 2. The van der Waals surface area contributed by atoms with Crippen molar-refractivity contribution >= 4 is 52.5 Å². The molecule has 1 unspecified atom stereocenters. The van der Waals surface area contributed by atoms with Crippen molar-refractivity contribution in [3.8, 4) is 5.75 Å². The number of fused-ring (bicyclic) bond motifs is 3. The first-order valence-corrected chi connectivity index (χ1v) is 13.7. The van der Waals surface area contributed by atoms with Crippen LogP contribution in [0.5, 0.6) is 5.75 Å². The Balaban J connectivity index is 1.41. The van der Waals surface area contributed by atoms with E-state index in [0.717, 1.165) is 6.42 Å². The van der Waals surface area contributed by atoms with Gasteiger partial charge in [0.25, 0.3) is 0 Å². The van der Waals surface area contributed by atoms with E-state index in [2.05, 4.69) is 20.6 Å². The lowest BCUT2D eigenvalue weighted by molar-refractivity contribution is -0.174. The molecule has 5 rings (SSSR count). The van der Waals surface area contributed by atoms with Crippen molar-refractivity contribution in [1.82, 2.24) is 15.3 Å². The third-order valence-electron chi connectivity index (χ3n) is 7.90. The minimum absolute atomic E-state index is 0.0252. The molecule has 5 atom stereocenters. The van der Waals surface area contributed by atoms with Crippen LogP contribution in [-0.2, 0) is 20.8 Å². The molecule has 224 valence electrons. The summed E-state index contributed by atoms with van der Waals surface area (Å²) in [7, 11) is 1.41. The van der Waals surface area contributed by atoms with Crippen molar-refractivity contribution in [2.24, 2.45) is 17.8 Å². The van der Waals surface area contributed by atoms with Gasteiger partial charge >= 0.3 is 18.1 Å². The first-order chi connectivity index (χ1) is 19.9. The molecule has 1 fully saturated rings. The van der Waals surface area contributed by atoms with Gasteiger partial charge in [-0.3, -0.25) is 14.4 Å². The molecule has 15 heteroatoms. The highest BCUT2D eigenvalue weighted by Gasteiger charge is 2.49. The van der Waals surface area contributed by atoms with Gasteiger partial charge in [0.15, 0.2) is 5.82 Å². The SMILES string of the molecule is CCN1C(=O)C(NC(=O)C(F)(F)F)CCc2c1ccc(Nc1ncc(Cl)c(N[C@H]3[C@@H](C(=O)O)[C@@H]4C=C[C@H]3C4)n1)c2OC. The molecule has 2 amide bonds. The molecule has 2 aromatic rings. The molecule has 2 aliphatic carbocycles. The first kappa shape index (κ1) is 29.4. The monoisotopic (exact) mass is 608 g/mol. The van der Waals surface area contributed by atoms with Crippen molar-refractivity contribution in [1.29, 1.82) is 0 Å². The lowest BCUT2D eigenvalue weighted by Crippen LogP contribution is -2.51. The molecule has 0 saturated heterocycles. The number of nitrogens with one attached hydrogen (secondary N) is 3. The summed E-state index contributed by atoms with van der Waals surface area (Å²) in [5.74, 6) is -3.72. The number of benzene rings is 1. The van der Waals surface area contributed by atoms with Crippen LogP contribution < -0.4 is 25.6 Å². The van der Waals surface area contributed by atoms with E-state index in [-0.39, 0.29) is 48.0 Å². The largest absolute Gasteiger partial charge is 0.494 e. The van der Waals surface area contributed by atoms with Crippen LogP contribution in [0.1, 0.15) is 25.3 Å². The number of likely N-dealkylation sites (N-methyl/N-ethyl adjacent to an activating group) is 1. The number of hydrogen-bond acceptors (Lipinski definition) is 8. The molecule has 1 saturated carbocycles. The van der Waals surface area contributed by atoms with Crippen LogP contribution in [0.25, 0.3) is 0 Å². The van der Waals surface area contributed by atoms with Gasteiger partial charge < -0.3 is 30.7 Å². The van der Waals surface area contributed by atoms with Crippen LogP contribution in [0.3, 0.4) is 0 Å². The zero-order valence-corrected chi connectivity index (χ0v) is 23.3. The van der Waals surface area contributed by atoms with Gasteiger partial charge in [0.1, 0.15) is 16.8 Å². The Hall–Kier alpha value is -4.07. The maximum atomic E-state index is 13.1. The molecule has 11 nitrogen and oxygen atoms in total. The van der Waals surface area contributed by atoms with Crippen molar-refractivity contribution in [3.63, 3.8) is 0 Å². The zero-order valence-electron chi connectivity index (χ0n) is 22.5. The Bertz CT molecular complexity index is 1450. The number of ether oxygens (including phenoxy) is 1. The van der Waals surface area contributed by atoms with Crippen LogP contribution in [0.4, 0.5) is 36.3 Å². The second kappa shape index (κ2) is 11.3. The molecule has 42 heavy (non-hydrogen) atoms. The predicted molar refractivity (Wildman–Crippen MR) is 147 cm³/mol. The summed E-state index contributed by atoms with van der Waals surface area (Å²) in [6.45, 7) is 1.82. The summed E-state index contributed by atoms with van der Waals surface area (Å²) in [5.41, 5.74) is 1.40. The van der Waals surface area contributed by atoms with Crippen LogP contribution in [0, 0.1) is 17.8 Å². The van der Waals surface area contributed by atoms with Gasteiger partial charge in [0.2, 0.25) is 11.9 Å². The Morgan fingerprint density at radius 1 is 1.24 bits per heavy atom. The topological polar surface area (TPSA) is 146 Å². The van der Waals surface area contributed by atoms with Crippen molar-refractivity contribution < 1.29 is 37.4 Å². The maximum Gasteiger partial charge on any atom is 0.471 e. The van der Waals surface area contributed by atoms with Gasteiger partial charge in [-0.1, -0.05) is 23.8 Å². The van der Waals surface area contributed by atoms with Gasteiger partial charge in [0.05, 0.1) is 30.6 Å². The van der Waals surface area contributed by atoms with Crippen molar-refractivity contribution in [2.45, 2.75) is 44.4 Å². The molecule has 1 aromatic heterocycles. The standard InChI is InChI=1S/C27H28ClF3N6O5/c1-3-37-18-9-8-16(21(42-2)14(18)6-7-17(23(37)38)33-25(41)27(29,30)31)34-26-32-11-15(28)22(36-26)35-20-13-5-4-12(10-13)19(20)24(39)40/h4-5,8-9,11-13,17,19-20H,3,6-7,10H2,1-2H3,(H,33,41)(H,39,40)(H2,32,34,35,36)/t12-,13+,17?,19+,20-/m1/s1. The normalized spacial score (nSPS) is 24.7. The van der Waals surface area contributed by atoms with E-state index >= 15 is 0 Å². The van der Waals surface area contributed by atoms with E-state index in [1.54, 1.807) is 19.1 Å². The van der Waals surface area contributed by atoms with E-state index in [9.17, 15) is 32.7 Å². The maximum absolute atomic E-state index is 13.1. The van der Waals surface area contributed by atoms with E-state index in [1.165, 1.54) is 18.2 Å². The highest BCUT2D eigenvalue weighted by Crippen LogP contribution is 2.46. The molecule has 1 aliphatic heterocycles. The number of nitrogens with zero attached hydrogens (tertiary/aromatic N) is 3. The first-order valence-electron chi connectivity index (χ1n) is 13.3. The number of carboxylic acid groups (broad SMARTS) is 1. The number of carbonyl (C=O) groups excluding carboxylic acids is 2. The zero-order chi connectivity index (χ0) is 30.3. The highest BCUT2D eigenvalue weighted by molar-refractivity contribution is 6.32. The predicted octanol–water partition coefficient (Wildman–Crippen LogP) is 3.92. The Morgan fingerprint density at radius 2 is 1.98 bits per heavy atom. The molecule has 4 N–H and O–H groups in total. The summed E-state index contributed by atoms with van der Waals surface area (Å²) in [6.07, 6.45) is 0.951. The number of methoxy groups -OCH3 is 1. The number of rotatable bonds is 8. The number of hydrogen-bond donors (Lipinski definition) is 4. The molecule has 0 radical (unpaired) electrons. The minimum Gasteiger partial charge on any atom is -0.494 e. The van der Waals surface area contributed by atoms with Crippen LogP contribution in [0.2, 0.25) is 5.02 Å². The van der Waals surface area contributed by atoms with Crippen molar-refractivity contribution in [3.05, 3.63) is 41.1 Å². The lowest BCUT2D eigenvalue weighted by Gasteiger charge is -2.27. The summed E-state index contributed by atoms with van der Waals surface area (Å²) in [4.78, 5) is 46.6. The summed E-state index contributed by atoms with van der Waals surface area (Å²) in [6, 6.07) is 1.47. The number of allylic oxidation sites excluding steroid dienone is 1. The van der Waals surface area contributed by atoms with E-state index < -0.39 is 42.0 Å². The molecule has 2 bridgehead atoms. The fraction of sp³-hybridized carbons (Fsp3) is 0.444. The molecule has 3 aliphatic rings. The average Bonchev–Trinajstić information content (AvgIpc) is 3.51. The summed E-state index contributed by atoms with van der Waals surface area (Å²) < 4.78 is 44.4. The van der Waals surface area contributed by atoms with Gasteiger partial charge in [-0.05, 0) is 50.2 Å². The van der Waals surface area contributed by atoms with Gasteiger partial charge in [-0.25, -0.2) is 4.98 Å². The summed E-state index contributed by atoms with van der Waals surface area (Å²) in [5, 5.41) is 18.0.